The smallest absolute Gasteiger partial charge is 0.0546 e. The van der Waals surface area contributed by atoms with Crippen LogP contribution in [0, 0.1) is 5.92 Å². The summed E-state index contributed by atoms with van der Waals surface area (Å²) in [5.41, 5.74) is 0. The third kappa shape index (κ3) is 2.97. The van der Waals surface area contributed by atoms with E-state index in [0.717, 1.165) is 25.9 Å². The lowest BCUT2D eigenvalue weighted by Crippen LogP contribution is -2.37. The van der Waals surface area contributed by atoms with Crippen LogP contribution in [0.25, 0.3) is 0 Å². The highest BCUT2D eigenvalue weighted by Gasteiger charge is 2.27. The van der Waals surface area contributed by atoms with Gasteiger partial charge in [-0.05, 0) is 25.8 Å². The van der Waals surface area contributed by atoms with Gasteiger partial charge < -0.3 is 10.0 Å². The van der Waals surface area contributed by atoms with Gasteiger partial charge in [0.15, 0.2) is 0 Å². The first-order valence-electron chi connectivity index (χ1n) is 4.15. The normalized spacial score (nSPS) is 30.5. The van der Waals surface area contributed by atoms with Crippen molar-refractivity contribution in [1.82, 2.24) is 4.90 Å². The molecule has 66 valence electrons. The molecule has 0 aliphatic heterocycles. The predicted octanol–water partition coefficient (Wildman–Crippen LogP) is 0.928. The van der Waals surface area contributed by atoms with Gasteiger partial charge in [0.05, 0.1) is 6.10 Å². The molecule has 0 radical (unpaired) electrons. The summed E-state index contributed by atoms with van der Waals surface area (Å²) in [6.45, 7) is 2.04. The number of hydrogen-bond acceptors (Lipinski definition) is 2. The molecule has 1 N–H and O–H groups in total. The summed E-state index contributed by atoms with van der Waals surface area (Å²) in [7, 11) is 2.08. The van der Waals surface area contributed by atoms with Gasteiger partial charge in [0.25, 0.3) is 0 Å². The minimum Gasteiger partial charge on any atom is -0.393 e. The zero-order valence-corrected chi connectivity index (χ0v) is 7.72. The van der Waals surface area contributed by atoms with Crippen LogP contribution in [0.1, 0.15) is 12.8 Å². The highest BCUT2D eigenvalue weighted by Crippen LogP contribution is 2.27. The van der Waals surface area contributed by atoms with Crippen LogP contribution >= 0.6 is 11.6 Å². The summed E-state index contributed by atoms with van der Waals surface area (Å²) in [6.07, 6.45) is 1.93. The third-order valence-electron chi connectivity index (χ3n) is 2.25. The lowest BCUT2D eigenvalue weighted by Gasteiger charge is -2.34. The number of aliphatic hydroxyl groups is 1. The summed E-state index contributed by atoms with van der Waals surface area (Å²) in [5.74, 6) is 1.41. The minimum atomic E-state index is -0.0237. The second-order valence-corrected chi connectivity index (χ2v) is 3.82. The lowest BCUT2D eigenvalue weighted by molar-refractivity contribution is 0.0292. The Balaban J connectivity index is 2.02. The Labute approximate surface area is 73.1 Å². The molecule has 0 unspecified atom stereocenters. The first-order valence-corrected chi connectivity index (χ1v) is 4.68. The van der Waals surface area contributed by atoms with E-state index in [9.17, 15) is 0 Å². The zero-order valence-electron chi connectivity index (χ0n) is 6.96. The Morgan fingerprint density at radius 3 is 2.64 bits per heavy atom. The lowest BCUT2D eigenvalue weighted by atomic mass is 9.82. The average molecular weight is 178 g/mol. The molecule has 0 amide bonds. The molecular formula is C8H16ClNO. The number of halogens is 1. The number of alkyl halides is 1. The molecule has 0 saturated heterocycles. The Morgan fingerprint density at radius 2 is 2.18 bits per heavy atom. The topological polar surface area (TPSA) is 23.5 Å². The fraction of sp³-hybridized carbons (Fsp3) is 1.00. The third-order valence-corrected chi connectivity index (χ3v) is 2.42. The SMILES string of the molecule is CN(CCCl)CC1CC(O)C1. The first kappa shape index (κ1) is 9.30. The second kappa shape index (κ2) is 4.29. The molecule has 3 heteroatoms. The Morgan fingerprint density at radius 1 is 1.55 bits per heavy atom. The van der Waals surface area contributed by atoms with Crippen LogP contribution < -0.4 is 0 Å². The predicted molar refractivity (Wildman–Crippen MR) is 46.9 cm³/mol. The summed E-state index contributed by atoms with van der Waals surface area (Å²) in [4.78, 5) is 2.23. The van der Waals surface area contributed by atoms with Crippen LogP contribution in [0.5, 0.6) is 0 Å². The van der Waals surface area contributed by atoms with Crippen molar-refractivity contribution >= 4 is 11.6 Å². The van der Waals surface area contributed by atoms with Crippen LogP contribution in [0.2, 0.25) is 0 Å². The van der Waals surface area contributed by atoms with Crippen LogP contribution in [-0.4, -0.2) is 42.1 Å². The van der Waals surface area contributed by atoms with E-state index in [0.29, 0.717) is 11.8 Å². The minimum absolute atomic E-state index is 0.0237. The second-order valence-electron chi connectivity index (χ2n) is 3.44. The zero-order chi connectivity index (χ0) is 8.27. The van der Waals surface area contributed by atoms with E-state index in [1.165, 1.54) is 0 Å². The van der Waals surface area contributed by atoms with Crippen molar-refractivity contribution in [2.45, 2.75) is 18.9 Å². The number of hydrogen-bond donors (Lipinski definition) is 1. The van der Waals surface area contributed by atoms with Gasteiger partial charge in [0, 0.05) is 19.0 Å². The Bertz CT molecular complexity index is 112. The van der Waals surface area contributed by atoms with E-state index in [4.69, 9.17) is 16.7 Å². The molecule has 0 atom stereocenters. The highest BCUT2D eigenvalue weighted by atomic mass is 35.5. The molecule has 1 saturated carbocycles. The van der Waals surface area contributed by atoms with E-state index in [1.807, 2.05) is 0 Å². The maximum absolute atomic E-state index is 9.02. The molecule has 1 aliphatic rings. The fourth-order valence-corrected chi connectivity index (χ4v) is 1.81. The van der Waals surface area contributed by atoms with E-state index in [2.05, 4.69) is 11.9 Å². The van der Waals surface area contributed by atoms with Crippen molar-refractivity contribution in [2.24, 2.45) is 5.92 Å². The quantitative estimate of drug-likeness (QED) is 0.646. The number of aliphatic hydroxyl groups excluding tert-OH is 1. The van der Waals surface area contributed by atoms with E-state index < -0.39 is 0 Å². The van der Waals surface area contributed by atoms with Crippen LogP contribution in [-0.2, 0) is 0 Å². The van der Waals surface area contributed by atoms with Gasteiger partial charge in [-0.2, -0.15) is 0 Å². The summed E-state index contributed by atoms with van der Waals surface area (Å²) < 4.78 is 0. The largest absolute Gasteiger partial charge is 0.393 e. The maximum Gasteiger partial charge on any atom is 0.0546 e. The molecule has 11 heavy (non-hydrogen) atoms. The fourth-order valence-electron chi connectivity index (χ4n) is 1.53. The van der Waals surface area contributed by atoms with E-state index in [-0.39, 0.29) is 6.10 Å². The molecule has 2 nitrogen and oxygen atoms in total. The highest BCUT2D eigenvalue weighted by molar-refractivity contribution is 6.18. The molecule has 1 aliphatic carbocycles. The Hall–Kier alpha value is 0.210. The summed E-state index contributed by atoms with van der Waals surface area (Å²) in [5, 5.41) is 9.02. The van der Waals surface area contributed by atoms with Gasteiger partial charge in [-0.1, -0.05) is 0 Å². The molecule has 0 aromatic carbocycles. The monoisotopic (exact) mass is 177 g/mol. The maximum atomic E-state index is 9.02. The summed E-state index contributed by atoms with van der Waals surface area (Å²) >= 11 is 5.58. The molecule has 0 spiro atoms. The summed E-state index contributed by atoms with van der Waals surface area (Å²) in [6, 6.07) is 0. The molecule has 0 aromatic rings. The van der Waals surface area contributed by atoms with Gasteiger partial charge in [-0.15, -0.1) is 11.6 Å². The Kier molecular flexibility index (Phi) is 3.63. The van der Waals surface area contributed by atoms with Crippen molar-refractivity contribution in [3.8, 4) is 0 Å². The van der Waals surface area contributed by atoms with E-state index in [1.54, 1.807) is 0 Å². The standard InChI is InChI=1S/C8H16ClNO/c1-10(3-2-9)6-7-4-8(11)5-7/h7-8,11H,2-6H2,1H3. The number of rotatable bonds is 4. The molecule has 0 bridgehead atoms. The molecule has 1 fully saturated rings. The molecule has 0 aromatic heterocycles. The number of nitrogens with zero attached hydrogens (tertiary/aromatic N) is 1. The van der Waals surface area contributed by atoms with Gasteiger partial charge in [0.1, 0.15) is 0 Å². The van der Waals surface area contributed by atoms with Crippen molar-refractivity contribution in [2.75, 3.05) is 26.0 Å². The average Bonchev–Trinajstić information content (AvgIpc) is 1.85. The van der Waals surface area contributed by atoms with Crippen molar-refractivity contribution in [1.29, 1.82) is 0 Å². The van der Waals surface area contributed by atoms with Gasteiger partial charge in [-0.3, -0.25) is 0 Å². The van der Waals surface area contributed by atoms with Crippen molar-refractivity contribution in [3.05, 3.63) is 0 Å². The van der Waals surface area contributed by atoms with Crippen LogP contribution in [0.15, 0.2) is 0 Å². The van der Waals surface area contributed by atoms with Crippen LogP contribution in [0.4, 0.5) is 0 Å². The van der Waals surface area contributed by atoms with Crippen molar-refractivity contribution < 1.29 is 5.11 Å². The first-order chi connectivity index (χ1) is 5.22. The van der Waals surface area contributed by atoms with Crippen molar-refractivity contribution in [3.63, 3.8) is 0 Å². The molecule has 0 heterocycles. The molecular weight excluding hydrogens is 162 g/mol. The van der Waals surface area contributed by atoms with Gasteiger partial charge in [0.2, 0.25) is 0 Å². The van der Waals surface area contributed by atoms with Gasteiger partial charge >= 0.3 is 0 Å². The van der Waals surface area contributed by atoms with Gasteiger partial charge in [-0.25, -0.2) is 0 Å². The van der Waals surface area contributed by atoms with Crippen LogP contribution in [0.3, 0.4) is 0 Å². The van der Waals surface area contributed by atoms with E-state index >= 15 is 0 Å². The molecule has 1 rings (SSSR count).